The first-order chi connectivity index (χ1) is 7.70. The topological polar surface area (TPSA) is 3.24 Å². The van der Waals surface area contributed by atoms with Crippen LogP contribution in [0.5, 0.6) is 0 Å². The molecule has 88 valence electrons. The highest BCUT2D eigenvalue weighted by Gasteiger charge is 2.20. The number of benzene rings is 1. The summed E-state index contributed by atoms with van der Waals surface area (Å²) in [5.41, 5.74) is 1.97. The molecule has 0 saturated carbocycles. The molecule has 1 fully saturated rings. The molecular weight excluding hydrogens is 269 g/mol. The molecule has 1 atom stereocenters. The Bertz CT molecular complexity index is 367. The minimum atomic E-state index is -0.379. The third kappa shape index (κ3) is 2.64. The molecule has 0 bridgehead atoms. The Morgan fingerprint density at radius 1 is 1.50 bits per heavy atom. The van der Waals surface area contributed by atoms with E-state index in [1.54, 1.807) is 0 Å². The van der Waals surface area contributed by atoms with Gasteiger partial charge >= 0.3 is 0 Å². The van der Waals surface area contributed by atoms with E-state index >= 15 is 0 Å². The maximum absolute atomic E-state index is 12.6. The molecule has 0 radical (unpaired) electrons. The molecule has 2 rings (SSSR count). The average molecular weight is 286 g/mol. The van der Waals surface area contributed by atoms with Gasteiger partial charge in [0, 0.05) is 17.1 Å². The van der Waals surface area contributed by atoms with Crippen LogP contribution in [0.15, 0.2) is 22.7 Å². The third-order valence-corrected chi connectivity index (χ3v) is 4.10. The summed E-state index contributed by atoms with van der Waals surface area (Å²) in [7, 11) is 0. The van der Waals surface area contributed by atoms with Crippen molar-refractivity contribution in [2.24, 2.45) is 0 Å². The molecule has 1 aliphatic rings. The molecule has 1 aromatic carbocycles. The molecule has 1 unspecified atom stereocenters. The van der Waals surface area contributed by atoms with Crippen molar-refractivity contribution >= 4 is 15.9 Å². The first kappa shape index (κ1) is 12.1. The lowest BCUT2D eigenvalue weighted by Crippen LogP contribution is -2.26. The molecule has 1 aromatic rings. The van der Waals surface area contributed by atoms with Gasteiger partial charge in [-0.2, -0.15) is 0 Å². The van der Waals surface area contributed by atoms with Crippen LogP contribution in [-0.4, -0.2) is 17.5 Å². The zero-order valence-corrected chi connectivity index (χ0v) is 11.1. The van der Waals surface area contributed by atoms with E-state index in [1.165, 1.54) is 18.4 Å². The second-order valence-corrected chi connectivity index (χ2v) is 5.38. The Kier molecular flexibility index (Phi) is 3.98. The molecule has 0 amide bonds. The standard InChI is InChI=1S/C13H17BrFN/c1-10-3-2-6-16(10)9-12-7-11(8-15)4-5-13(12)14/h4-5,7,10H,2-3,6,8-9H2,1H3. The van der Waals surface area contributed by atoms with Crippen LogP contribution in [0.25, 0.3) is 0 Å². The quantitative estimate of drug-likeness (QED) is 0.814. The molecule has 0 aromatic heterocycles. The minimum Gasteiger partial charge on any atom is -0.296 e. The summed E-state index contributed by atoms with van der Waals surface area (Å²) in [6.07, 6.45) is 2.56. The van der Waals surface area contributed by atoms with Crippen molar-refractivity contribution in [1.29, 1.82) is 0 Å². The smallest absolute Gasteiger partial charge is 0.115 e. The van der Waals surface area contributed by atoms with Crippen LogP contribution in [0.2, 0.25) is 0 Å². The fourth-order valence-corrected chi connectivity index (χ4v) is 2.65. The lowest BCUT2D eigenvalue weighted by atomic mass is 10.1. The summed E-state index contributed by atoms with van der Waals surface area (Å²) < 4.78 is 13.7. The highest BCUT2D eigenvalue weighted by atomic mass is 79.9. The van der Waals surface area contributed by atoms with Crippen molar-refractivity contribution in [2.45, 2.75) is 39.0 Å². The van der Waals surface area contributed by atoms with Crippen LogP contribution in [-0.2, 0) is 13.2 Å². The number of halogens is 2. The van der Waals surface area contributed by atoms with Gasteiger partial charge in [-0.05, 0) is 43.5 Å². The summed E-state index contributed by atoms with van der Waals surface area (Å²) in [5.74, 6) is 0. The Morgan fingerprint density at radius 3 is 2.94 bits per heavy atom. The highest BCUT2D eigenvalue weighted by molar-refractivity contribution is 9.10. The van der Waals surface area contributed by atoms with Crippen molar-refractivity contribution in [3.8, 4) is 0 Å². The van der Waals surface area contributed by atoms with Gasteiger partial charge in [0.1, 0.15) is 6.67 Å². The van der Waals surface area contributed by atoms with Crippen molar-refractivity contribution in [1.82, 2.24) is 4.90 Å². The molecule has 1 aliphatic heterocycles. The van der Waals surface area contributed by atoms with Crippen molar-refractivity contribution in [2.75, 3.05) is 6.54 Å². The fourth-order valence-electron chi connectivity index (χ4n) is 2.28. The molecule has 0 aliphatic carbocycles. The SMILES string of the molecule is CC1CCCN1Cc1cc(CF)ccc1Br. The minimum absolute atomic E-state index is 0.379. The Morgan fingerprint density at radius 2 is 2.31 bits per heavy atom. The van der Waals surface area contributed by atoms with Crippen LogP contribution in [0.3, 0.4) is 0 Å². The lowest BCUT2D eigenvalue weighted by molar-refractivity contribution is 0.260. The first-order valence-electron chi connectivity index (χ1n) is 5.78. The Balaban J connectivity index is 2.13. The zero-order valence-electron chi connectivity index (χ0n) is 9.55. The van der Waals surface area contributed by atoms with Gasteiger partial charge in [0.05, 0.1) is 0 Å². The van der Waals surface area contributed by atoms with E-state index in [4.69, 9.17) is 0 Å². The maximum atomic E-state index is 12.6. The van der Waals surface area contributed by atoms with E-state index in [2.05, 4.69) is 27.8 Å². The molecule has 1 saturated heterocycles. The maximum Gasteiger partial charge on any atom is 0.115 e. The lowest BCUT2D eigenvalue weighted by Gasteiger charge is -2.21. The summed E-state index contributed by atoms with van der Waals surface area (Å²) in [4.78, 5) is 2.46. The average Bonchev–Trinajstić information content (AvgIpc) is 2.68. The molecular formula is C13H17BrFN. The number of nitrogens with zero attached hydrogens (tertiary/aromatic N) is 1. The van der Waals surface area contributed by atoms with E-state index in [-0.39, 0.29) is 6.67 Å². The van der Waals surface area contributed by atoms with Gasteiger partial charge < -0.3 is 0 Å². The molecule has 0 N–H and O–H groups in total. The Labute approximate surface area is 105 Å². The first-order valence-corrected chi connectivity index (χ1v) is 6.57. The number of hydrogen-bond acceptors (Lipinski definition) is 1. The van der Waals surface area contributed by atoms with Gasteiger partial charge in [0.25, 0.3) is 0 Å². The molecule has 16 heavy (non-hydrogen) atoms. The van der Waals surface area contributed by atoms with Crippen LogP contribution in [0, 0.1) is 0 Å². The van der Waals surface area contributed by atoms with Crippen molar-refractivity contribution < 1.29 is 4.39 Å². The summed E-state index contributed by atoms with van der Waals surface area (Å²) in [6.45, 7) is 3.97. The second kappa shape index (κ2) is 5.28. The predicted molar refractivity (Wildman–Crippen MR) is 68.1 cm³/mol. The van der Waals surface area contributed by atoms with Crippen LogP contribution >= 0.6 is 15.9 Å². The predicted octanol–water partition coefficient (Wildman–Crippen LogP) is 3.90. The van der Waals surface area contributed by atoms with E-state index in [9.17, 15) is 4.39 Å². The Hall–Kier alpha value is -0.410. The summed E-state index contributed by atoms with van der Waals surface area (Å²) >= 11 is 3.54. The van der Waals surface area contributed by atoms with Crippen molar-refractivity contribution in [3.63, 3.8) is 0 Å². The highest BCUT2D eigenvalue weighted by Crippen LogP contribution is 2.24. The number of likely N-dealkylation sites (tertiary alicyclic amines) is 1. The molecule has 0 spiro atoms. The number of rotatable bonds is 3. The summed E-state index contributed by atoms with van der Waals surface area (Å²) in [5, 5.41) is 0. The van der Waals surface area contributed by atoms with Gasteiger partial charge in [0.15, 0.2) is 0 Å². The van der Waals surface area contributed by atoms with Gasteiger partial charge in [0.2, 0.25) is 0 Å². The van der Waals surface area contributed by atoms with Gasteiger partial charge in [-0.1, -0.05) is 28.1 Å². The van der Waals surface area contributed by atoms with E-state index in [0.717, 1.165) is 23.1 Å². The van der Waals surface area contributed by atoms with Crippen LogP contribution in [0.1, 0.15) is 30.9 Å². The van der Waals surface area contributed by atoms with Crippen LogP contribution in [0.4, 0.5) is 4.39 Å². The normalized spacial score (nSPS) is 21.6. The molecule has 3 heteroatoms. The van der Waals surface area contributed by atoms with E-state index in [1.807, 2.05) is 18.2 Å². The molecule has 1 heterocycles. The second-order valence-electron chi connectivity index (χ2n) is 4.52. The number of hydrogen-bond donors (Lipinski definition) is 0. The summed E-state index contributed by atoms with van der Waals surface area (Å²) in [6, 6.07) is 6.40. The third-order valence-electron chi connectivity index (χ3n) is 3.33. The number of alkyl halides is 1. The monoisotopic (exact) mass is 285 g/mol. The fraction of sp³-hybridized carbons (Fsp3) is 0.538. The van der Waals surface area contributed by atoms with Gasteiger partial charge in [-0.15, -0.1) is 0 Å². The van der Waals surface area contributed by atoms with Gasteiger partial charge in [-0.25, -0.2) is 4.39 Å². The molecule has 1 nitrogen and oxygen atoms in total. The largest absolute Gasteiger partial charge is 0.296 e. The van der Waals surface area contributed by atoms with E-state index < -0.39 is 0 Å². The van der Waals surface area contributed by atoms with Gasteiger partial charge in [-0.3, -0.25) is 4.90 Å². The zero-order chi connectivity index (χ0) is 11.5. The van der Waals surface area contributed by atoms with Crippen molar-refractivity contribution in [3.05, 3.63) is 33.8 Å². The van der Waals surface area contributed by atoms with E-state index in [0.29, 0.717) is 6.04 Å². The van der Waals surface area contributed by atoms with Crippen LogP contribution < -0.4 is 0 Å².